The van der Waals surface area contributed by atoms with E-state index < -0.39 is 5.95 Å². The Morgan fingerprint density at radius 3 is 2.80 bits per heavy atom. The van der Waals surface area contributed by atoms with Crippen LogP contribution in [0.1, 0.15) is 10.4 Å². The third-order valence-electron chi connectivity index (χ3n) is 1.09. The Hall–Kier alpha value is -1.45. The van der Waals surface area contributed by atoms with Crippen LogP contribution < -0.4 is 5.73 Å². The zero-order valence-corrected chi connectivity index (χ0v) is 5.04. The highest BCUT2D eigenvalue weighted by atomic mass is 19.1. The molecule has 0 aliphatic carbocycles. The average Bonchev–Trinajstić information content (AvgIpc) is 1.88. The third kappa shape index (κ3) is 0.953. The van der Waals surface area contributed by atoms with E-state index in [2.05, 4.69) is 4.98 Å². The first-order chi connectivity index (χ1) is 4.75. The summed E-state index contributed by atoms with van der Waals surface area (Å²) in [6, 6.07) is 1.37. The number of pyridine rings is 1. The van der Waals surface area contributed by atoms with Crippen molar-refractivity contribution in [2.45, 2.75) is 0 Å². The first-order valence-electron chi connectivity index (χ1n) is 2.61. The van der Waals surface area contributed by atoms with Crippen LogP contribution >= 0.6 is 0 Å². The molecule has 0 aliphatic rings. The summed E-state index contributed by atoms with van der Waals surface area (Å²) >= 11 is 0. The Balaban J connectivity index is 3.30. The van der Waals surface area contributed by atoms with E-state index in [0.717, 1.165) is 0 Å². The fourth-order valence-corrected chi connectivity index (χ4v) is 0.578. The first-order valence-corrected chi connectivity index (χ1v) is 2.61. The smallest absolute Gasteiger partial charge is 0.225 e. The maximum absolute atomic E-state index is 12.4. The van der Waals surface area contributed by atoms with Gasteiger partial charge in [0.2, 0.25) is 5.95 Å². The van der Waals surface area contributed by atoms with Gasteiger partial charge in [-0.1, -0.05) is 0 Å². The first kappa shape index (κ1) is 6.67. The second kappa shape index (κ2) is 2.43. The number of hydrogen-bond acceptors (Lipinski definition) is 3. The molecule has 3 nitrogen and oxygen atoms in total. The molecule has 0 fully saturated rings. The Labute approximate surface area is 56.7 Å². The minimum absolute atomic E-state index is 0.113. The van der Waals surface area contributed by atoms with Crippen LogP contribution in [-0.4, -0.2) is 11.3 Å². The summed E-state index contributed by atoms with van der Waals surface area (Å²) in [6.07, 6.45) is 1.55. The molecule has 1 rings (SSSR count). The van der Waals surface area contributed by atoms with Gasteiger partial charge in [-0.05, 0) is 6.07 Å². The van der Waals surface area contributed by atoms with Gasteiger partial charge >= 0.3 is 0 Å². The second-order valence-corrected chi connectivity index (χ2v) is 1.72. The van der Waals surface area contributed by atoms with Crippen LogP contribution in [0.25, 0.3) is 0 Å². The molecule has 0 spiro atoms. The zero-order chi connectivity index (χ0) is 7.56. The van der Waals surface area contributed by atoms with Crippen molar-refractivity contribution in [3.63, 3.8) is 0 Å². The van der Waals surface area contributed by atoms with Gasteiger partial charge in [0.15, 0.2) is 6.29 Å². The normalized spacial score (nSPS) is 9.30. The monoisotopic (exact) mass is 140 g/mol. The molecule has 10 heavy (non-hydrogen) atoms. The largest absolute Gasteiger partial charge is 0.398 e. The number of halogens is 1. The van der Waals surface area contributed by atoms with Crippen LogP contribution in [-0.2, 0) is 0 Å². The minimum Gasteiger partial charge on any atom is -0.398 e. The predicted octanol–water partition coefficient (Wildman–Crippen LogP) is 0.615. The van der Waals surface area contributed by atoms with Crippen LogP contribution in [0.2, 0.25) is 0 Å². The van der Waals surface area contributed by atoms with Crippen LogP contribution in [0.5, 0.6) is 0 Å². The van der Waals surface area contributed by atoms with E-state index in [9.17, 15) is 9.18 Å². The molecule has 0 atom stereocenters. The Bertz CT molecular complexity index is 242. The third-order valence-corrected chi connectivity index (χ3v) is 1.09. The molecule has 0 radical (unpaired) electrons. The van der Waals surface area contributed by atoms with Crippen molar-refractivity contribution in [3.8, 4) is 0 Å². The number of carbonyl (C=O) groups excluding carboxylic acids is 1. The maximum atomic E-state index is 12.4. The Kier molecular flexibility index (Phi) is 1.62. The predicted molar refractivity (Wildman–Crippen MR) is 34.0 cm³/mol. The van der Waals surface area contributed by atoms with Gasteiger partial charge in [-0.3, -0.25) is 4.79 Å². The molecule has 1 aromatic heterocycles. The molecule has 0 amide bonds. The standard InChI is InChI=1S/C6H5FN2O/c7-6-4(3-10)5(8)1-2-9-6/h1-3H,(H2,8,9). The van der Waals surface area contributed by atoms with E-state index in [1.165, 1.54) is 12.3 Å². The van der Waals surface area contributed by atoms with Gasteiger partial charge in [-0.25, -0.2) is 4.98 Å². The fourth-order valence-electron chi connectivity index (χ4n) is 0.578. The summed E-state index contributed by atoms with van der Waals surface area (Å²) in [6.45, 7) is 0. The van der Waals surface area contributed by atoms with Gasteiger partial charge in [0, 0.05) is 11.9 Å². The van der Waals surface area contributed by atoms with Crippen LogP contribution in [0.15, 0.2) is 12.3 Å². The lowest BCUT2D eigenvalue weighted by Crippen LogP contribution is -1.98. The molecule has 1 aromatic rings. The number of rotatable bonds is 1. The van der Waals surface area contributed by atoms with E-state index in [0.29, 0.717) is 6.29 Å². The number of aldehydes is 1. The van der Waals surface area contributed by atoms with Gasteiger partial charge in [-0.15, -0.1) is 0 Å². The van der Waals surface area contributed by atoms with Gasteiger partial charge in [0.1, 0.15) is 0 Å². The van der Waals surface area contributed by atoms with Crippen molar-refractivity contribution in [1.82, 2.24) is 4.98 Å². The summed E-state index contributed by atoms with van der Waals surface area (Å²) in [4.78, 5) is 13.3. The zero-order valence-electron chi connectivity index (χ0n) is 5.04. The van der Waals surface area contributed by atoms with E-state index in [-0.39, 0.29) is 11.3 Å². The molecule has 2 N–H and O–H groups in total. The molecule has 0 bridgehead atoms. The van der Waals surface area contributed by atoms with Crippen LogP contribution in [0.3, 0.4) is 0 Å². The molecular weight excluding hydrogens is 135 g/mol. The molecule has 0 saturated carbocycles. The molecular formula is C6H5FN2O. The van der Waals surface area contributed by atoms with Gasteiger partial charge in [-0.2, -0.15) is 4.39 Å². The highest BCUT2D eigenvalue weighted by Crippen LogP contribution is 2.09. The Morgan fingerprint density at radius 2 is 2.40 bits per heavy atom. The summed E-state index contributed by atoms with van der Waals surface area (Å²) in [7, 11) is 0. The SMILES string of the molecule is Nc1ccnc(F)c1C=O. The van der Waals surface area contributed by atoms with Crippen LogP contribution in [0, 0.1) is 5.95 Å². The Morgan fingerprint density at radius 1 is 1.70 bits per heavy atom. The van der Waals surface area contributed by atoms with Crippen molar-refractivity contribution in [1.29, 1.82) is 0 Å². The average molecular weight is 140 g/mol. The fraction of sp³-hybridized carbons (Fsp3) is 0. The number of nitrogen functional groups attached to an aromatic ring is 1. The highest BCUT2D eigenvalue weighted by molar-refractivity contribution is 5.82. The molecule has 0 saturated heterocycles. The van der Waals surface area contributed by atoms with Gasteiger partial charge in [0.25, 0.3) is 0 Å². The molecule has 0 aromatic carbocycles. The number of aromatic nitrogens is 1. The van der Waals surface area contributed by atoms with Crippen LogP contribution in [0.4, 0.5) is 10.1 Å². The summed E-state index contributed by atoms with van der Waals surface area (Å²) in [5, 5.41) is 0. The maximum Gasteiger partial charge on any atom is 0.225 e. The molecule has 52 valence electrons. The van der Waals surface area contributed by atoms with Gasteiger partial charge < -0.3 is 5.73 Å². The molecule has 0 aliphatic heterocycles. The van der Waals surface area contributed by atoms with E-state index >= 15 is 0 Å². The van der Waals surface area contributed by atoms with E-state index in [4.69, 9.17) is 5.73 Å². The van der Waals surface area contributed by atoms with E-state index in [1.54, 1.807) is 0 Å². The summed E-state index contributed by atoms with van der Waals surface area (Å²) < 4.78 is 12.4. The van der Waals surface area contributed by atoms with Crippen molar-refractivity contribution >= 4 is 12.0 Å². The topological polar surface area (TPSA) is 56.0 Å². The number of carbonyl (C=O) groups is 1. The molecule has 0 unspecified atom stereocenters. The van der Waals surface area contributed by atoms with Crippen molar-refractivity contribution in [3.05, 3.63) is 23.8 Å². The lowest BCUT2D eigenvalue weighted by atomic mass is 10.2. The number of anilines is 1. The van der Waals surface area contributed by atoms with Crippen molar-refractivity contribution < 1.29 is 9.18 Å². The number of hydrogen-bond donors (Lipinski definition) is 1. The van der Waals surface area contributed by atoms with Gasteiger partial charge in [0.05, 0.1) is 5.56 Å². The molecule has 4 heteroatoms. The summed E-state index contributed by atoms with van der Waals surface area (Å²) in [5.74, 6) is -0.824. The minimum atomic E-state index is -0.824. The second-order valence-electron chi connectivity index (χ2n) is 1.72. The number of nitrogens with two attached hydrogens (primary N) is 1. The van der Waals surface area contributed by atoms with Crippen molar-refractivity contribution in [2.24, 2.45) is 0 Å². The quantitative estimate of drug-likeness (QED) is 0.459. The number of nitrogens with zero attached hydrogens (tertiary/aromatic N) is 1. The summed E-state index contributed by atoms with van der Waals surface area (Å²) in [5.41, 5.74) is 5.16. The molecule has 1 heterocycles. The lowest BCUT2D eigenvalue weighted by molar-refractivity contribution is 0.112. The lowest BCUT2D eigenvalue weighted by Gasteiger charge is -1.95. The highest BCUT2D eigenvalue weighted by Gasteiger charge is 2.03. The van der Waals surface area contributed by atoms with Crippen molar-refractivity contribution in [2.75, 3.05) is 5.73 Å². The van der Waals surface area contributed by atoms with E-state index in [1.807, 2.05) is 0 Å².